The number of rotatable bonds is 14. The number of esters is 1. The van der Waals surface area contributed by atoms with Gasteiger partial charge < -0.3 is 20.3 Å². The number of benzene rings is 1. The number of aryl methyl sites for hydroxylation is 1. The molecule has 0 aliphatic carbocycles. The van der Waals surface area contributed by atoms with E-state index in [4.69, 9.17) is 4.74 Å². The zero-order valence-electron chi connectivity index (χ0n) is 22.1. The Bertz CT molecular complexity index is 1390. The van der Waals surface area contributed by atoms with Gasteiger partial charge in [-0.3, -0.25) is 28.9 Å². The first-order valence-corrected chi connectivity index (χ1v) is 14.9. The molecule has 2 aliphatic rings. The van der Waals surface area contributed by atoms with Crippen LogP contribution in [0.4, 0.5) is 0 Å². The summed E-state index contributed by atoms with van der Waals surface area (Å²) in [7, 11) is -4.12. The zero-order chi connectivity index (χ0) is 30.5. The Labute approximate surface area is 239 Å². The Kier molecular flexibility index (Phi) is 10.3. The van der Waals surface area contributed by atoms with Crippen LogP contribution < -0.4 is 10.0 Å². The van der Waals surface area contributed by atoms with Gasteiger partial charge in [-0.15, -0.1) is 11.8 Å². The van der Waals surface area contributed by atoms with Crippen LogP contribution >= 0.6 is 11.8 Å². The molecule has 1 aromatic rings. The van der Waals surface area contributed by atoms with Crippen molar-refractivity contribution in [2.45, 2.75) is 61.9 Å². The molecule has 0 aromatic heterocycles. The van der Waals surface area contributed by atoms with E-state index in [0.717, 1.165) is 22.2 Å². The predicted octanol–water partition coefficient (Wildman–Crippen LogP) is 0.158. The molecule has 1 fully saturated rings. The molecule has 1 unspecified atom stereocenters. The number of carboxylic acid groups (broad SMARTS) is 2. The van der Waals surface area contributed by atoms with E-state index in [9.17, 15) is 47.4 Å². The van der Waals surface area contributed by atoms with Gasteiger partial charge in [0.1, 0.15) is 42.0 Å². The maximum atomic E-state index is 12.8. The van der Waals surface area contributed by atoms with Gasteiger partial charge in [-0.2, -0.15) is 4.72 Å². The van der Waals surface area contributed by atoms with Crippen molar-refractivity contribution in [2.75, 3.05) is 12.4 Å². The number of β-lactam (4-membered cyclic amide) rings is 1. The van der Waals surface area contributed by atoms with Crippen molar-refractivity contribution < 1.29 is 52.1 Å². The second-order valence-electron chi connectivity index (χ2n) is 9.47. The summed E-state index contributed by atoms with van der Waals surface area (Å²) in [4.78, 5) is 72.4. The van der Waals surface area contributed by atoms with Crippen molar-refractivity contribution in [1.29, 1.82) is 0 Å². The lowest BCUT2D eigenvalue weighted by Crippen LogP contribution is -2.70. The summed E-state index contributed by atoms with van der Waals surface area (Å²) in [5.41, 5.74) is 0.637. The maximum Gasteiger partial charge on any atom is 0.352 e. The number of Topliss-reactive ketones (excluding diaryl/α,β-unsaturated/α-hetero) is 1. The van der Waals surface area contributed by atoms with Crippen LogP contribution in [-0.4, -0.2) is 88.9 Å². The third-order valence-electron chi connectivity index (χ3n) is 6.19. The van der Waals surface area contributed by atoms with Crippen molar-refractivity contribution >= 4 is 57.3 Å². The average molecular weight is 612 g/mol. The number of ketones is 1. The first-order valence-electron chi connectivity index (χ1n) is 12.4. The number of thioether (sulfide) groups is 1. The molecule has 2 aliphatic heterocycles. The zero-order valence-corrected chi connectivity index (χ0v) is 23.7. The third kappa shape index (κ3) is 7.92. The standard InChI is InChI=1S/C25H29N3O11S2/c1-13-6-8-16(9-7-13)41(37,38)27-17(24(33)34)4-3-5-18(30)26-20-22(32)28-21(25(35)36)15(12-40-23(20)28)11-39-19(31)10-14(2)29/h6-9,17,20,23,27H,3-5,10-12H2,1-2H3,(H,26,30)(H,33,34)(H,35,36)/t17?,20-,23+/m1/s1. The molecule has 0 bridgehead atoms. The molecule has 3 atom stereocenters. The fourth-order valence-corrected chi connectivity index (χ4v) is 6.69. The van der Waals surface area contributed by atoms with E-state index in [2.05, 4.69) is 10.0 Å². The first kappa shape index (κ1) is 31.8. The number of hydrogen-bond donors (Lipinski definition) is 4. The van der Waals surface area contributed by atoms with Gasteiger partial charge in [0.15, 0.2) is 0 Å². The van der Waals surface area contributed by atoms with Gasteiger partial charge in [0.2, 0.25) is 15.9 Å². The molecule has 4 N–H and O–H groups in total. The fourth-order valence-electron chi connectivity index (χ4n) is 4.13. The van der Waals surface area contributed by atoms with Gasteiger partial charge in [0.25, 0.3) is 5.91 Å². The topological polar surface area (TPSA) is 214 Å². The SMILES string of the molecule is CC(=O)CC(=O)OCC1=C(C(=O)O)N2C(=O)[C@@H](NC(=O)CCCC(NS(=O)(=O)c3ccc(C)cc3)C(=O)O)[C@@H]2SC1. The largest absolute Gasteiger partial charge is 0.480 e. The number of carbonyl (C=O) groups excluding carboxylic acids is 4. The highest BCUT2D eigenvalue weighted by Gasteiger charge is 2.54. The van der Waals surface area contributed by atoms with E-state index in [0.29, 0.717) is 0 Å². The first-order chi connectivity index (χ1) is 19.2. The van der Waals surface area contributed by atoms with E-state index in [1.54, 1.807) is 19.1 Å². The molecular weight excluding hydrogens is 582 g/mol. The number of carbonyl (C=O) groups is 6. The quantitative estimate of drug-likeness (QED) is 0.126. The predicted molar refractivity (Wildman–Crippen MR) is 143 cm³/mol. The summed E-state index contributed by atoms with van der Waals surface area (Å²) in [5.74, 6) is -5.26. The molecule has 2 heterocycles. The van der Waals surface area contributed by atoms with Gasteiger partial charge in [0, 0.05) is 17.7 Å². The molecule has 222 valence electrons. The van der Waals surface area contributed by atoms with Crippen LogP contribution in [0.1, 0.15) is 38.2 Å². The highest BCUT2D eigenvalue weighted by molar-refractivity contribution is 8.00. The summed E-state index contributed by atoms with van der Waals surface area (Å²) < 4.78 is 32.2. The highest BCUT2D eigenvalue weighted by Crippen LogP contribution is 2.40. The van der Waals surface area contributed by atoms with E-state index >= 15 is 0 Å². The van der Waals surface area contributed by atoms with E-state index < -0.39 is 76.0 Å². The summed E-state index contributed by atoms with van der Waals surface area (Å²) in [5, 5.41) is 20.9. The minimum Gasteiger partial charge on any atom is -0.480 e. The second-order valence-corrected chi connectivity index (χ2v) is 12.3. The van der Waals surface area contributed by atoms with Crippen LogP contribution in [0.3, 0.4) is 0 Å². The number of aliphatic carboxylic acids is 2. The van der Waals surface area contributed by atoms with Gasteiger partial charge >= 0.3 is 17.9 Å². The highest BCUT2D eigenvalue weighted by atomic mass is 32.2. The number of ether oxygens (including phenoxy) is 1. The second kappa shape index (κ2) is 13.3. The number of carboxylic acids is 2. The number of sulfonamides is 1. The Morgan fingerprint density at radius 1 is 1.15 bits per heavy atom. The van der Waals surface area contributed by atoms with Crippen molar-refractivity contribution in [1.82, 2.24) is 14.9 Å². The molecule has 41 heavy (non-hydrogen) atoms. The van der Waals surface area contributed by atoms with Crippen LogP contribution in [0.25, 0.3) is 0 Å². The monoisotopic (exact) mass is 611 g/mol. The molecule has 1 saturated heterocycles. The number of fused-ring (bicyclic) bond motifs is 1. The number of nitrogens with one attached hydrogen (secondary N) is 2. The van der Waals surface area contributed by atoms with Crippen LogP contribution in [0.15, 0.2) is 40.4 Å². The van der Waals surface area contributed by atoms with Crippen molar-refractivity contribution in [2.24, 2.45) is 0 Å². The number of hydrogen-bond acceptors (Lipinski definition) is 10. The molecule has 3 rings (SSSR count). The fraction of sp³-hybridized carbons (Fsp3) is 0.440. The van der Waals surface area contributed by atoms with Crippen molar-refractivity contribution in [3.8, 4) is 0 Å². The van der Waals surface area contributed by atoms with E-state index in [1.807, 2.05) is 0 Å². The van der Waals surface area contributed by atoms with Crippen molar-refractivity contribution in [3.05, 3.63) is 41.1 Å². The molecule has 0 saturated carbocycles. The van der Waals surface area contributed by atoms with Crippen LogP contribution in [-0.2, 0) is 43.5 Å². The lowest BCUT2D eigenvalue weighted by Gasteiger charge is -2.49. The van der Waals surface area contributed by atoms with E-state index in [1.165, 1.54) is 19.1 Å². The number of amides is 2. The molecule has 14 nitrogen and oxygen atoms in total. The van der Waals surface area contributed by atoms with Crippen LogP contribution in [0.2, 0.25) is 0 Å². The van der Waals surface area contributed by atoms with Gasteiger partial charge in [-0.1, -0.05) is 17.7 Å². The van der Waals surface area contributed by atoms with E-state index in [-0.39, 0.29) is 41.2 Å². The van der Waals surface area contributed by atoms with Gasteiger partial charge in [-0.25, -0.2) is 13.2 Å². The number of nitrogens with zero attached hydrogens (tertiary/aromatic N) is 1. The summed E-state index contributed by atoms with van der Waals surface area (Å²) in [6, 6.07) is 3.32. The molecule has 2 amide bonds. The normalized spacial score (nSPS) is 19.1. The molecular formula is C25H29N3O11S2. The van der Waals surface area contributed by atoms with Gasteiger partial charge in [0.05, 0.1) is 4.90 Å². The van der Waals surface area contributed by atoms with Gasteiger partial charge in [-0.05, 0) is 38.8 Å². The maximum absolute atomic E-state index is 12.8. The van der Waals surface area contributed by atoms with Crippen molar-refractivity contribution in [3.63, 3.8) is 0 Å². The summed E-state index contributed by atoms with van der Waals surface area (Å²) in [6.45, 7) is 2.57. The molecule has 16 heteroatoms. The molecule has 0 radical (unpaired) electrons. The van der Waals surface area contributed by atoms with Crippen LogP contribution in [0.5, 0.6) is 0 Å². The summed E-state index contributed by atoms with van der Waals surface area (Å²) in [6.07, 6.45) is -0.893. The summed E-state index contributed by atoms with van der Waals surface area (Å²) >= 11 is 1.16. The average Bonchev–Trinajstić information content (AvgIpc) is 2.88. The minimum absolute atomic E-state index is 0.0162. The lowest BCUT2D eigenvalue weighted by molar-refractivity contribution is -0.151. The van der Waals surface area contributed by atoms with Crippen LogP contribution in [0, 0.1) is 6.92 Å². The third-order valence-corrected chi connectivity index (χ3v) is 9.02. The molecule has 1 aromatic carbocycles. The lowest BCUT2D eigenvalue weighted by atomic mass is 10.0. The molecule has 0 spiro atoms. The smallest absolute Gasteiger partial charge is 0.352 e. The Morgan fingerprint density at radius 3 is 2.39 bits per heavy atom. The Morgan fingerprint density at radius 2 is 1.80 bits per heavy atom. The minimum atomic E-state index is -4.12. The Balaban J connectivity index is 1.54. The Hall–Kier alpha value is -3.76.